The molecule has 2 rings (SSSR count). The number of piperidine rings is 1. The van der Waals surface area contributed by atoms with Gasteiger partial charge in [-0.2, -0.15) is 0 Å². The molecular formula is C17H28N4O3. The number of pyridine rings is 1. The van der Waals surface area contributed by atoms with Gasteiger partial charge in [-0.05, 0) is 40.7 Å². The minimum atomic E-state index is -0.483. The van der Waals surface area contributed by atoms with Gasteiger partial charge in [0.1, 0.15) is 0 Å². The van der Waals surface area contributed by atoms with Crippen LogP contribution in [0.5, 0.6) is 0 Å². The van der Waals surface area contributed by atoms with E-state index >= 15 is 0 Å². The van der Waals surface area contributed by atoms with Crippen molar-refractivity contribution < 1.29 is 10.0 Å². The summed E-state index contributed by atoms with van der Waals surface area (Å²) in [6.07, 6.45) is 4.01. The zero-order chi connectivity index (χ0) is 17.7. The molecule has 0 aliphatic carbocycles. The molecule has 2 heterocycles. The molecule has 0 unspecified atom stereocenters. The van der Waals surface area contributed by atoms with Crippen molar-refractivity contribution in [1.82, 2.24) is 10.3 Å². The summed E-state index contributed by atoms with van der Waals surface area (Å²) in [6, 6.07) is 3.61. The third kappa shape index (κ3) is 5.72. The fraction of sp³-hybridized carbons (Fsp3) is 0.706. The van der Waals surface area contributed by atoms with E-state index in [0.29, 0.717) is 12.6 Å². The summed E-state index contributed by atoms with van der Waals surface area (Å²) >= 11 is 0. The van der Waals surface area contributed by atoms with Crippen LogP contribution in [0, 0.1) is 15.5 Å². The second-order valence-corrected chi connectivity index (χ2v) is 7.72. The van der Waals surface area contributed by atoms with Crippen LogP contribution in [0.1, 0.15) is 40.0 Å². The van der Waals surface area contributed by atoms with Crippen molar-refractivity contribution in [3.8, 4) is 0 Å². The number of rotatable bonds is 6. The topological polar surface area (TPSA) is 91.5 Å². The van der Waals surface area contributed by atoms with Crippen LogP contribution in [-0.4, -0.2) is 46.8 Å². The smallest absolute Gasteiger partial charge is 0.363 e. The molecule has 0 bridgehead atoms. The third-order valence-corrected chi connectivity index (χ3v) is 4.27. The molecule has 1 aliphatic heterocycles. The summed E-state index contributed by atoms with van der Waals surface area (Å²) in [5.74, 6) is -0.122. The van der Waals surface area contributed by atoms with E-state index in [0.717, 1.165) is 38.0 Å². The van der Waals surface area contributed by atoms with E-state index in [9.17, 15) is 15.2 Å². The van der Waals surface area contributed by atoms with Gasteiger partial charge in [0, 0.05) is 31.7 Å². The highest BCUT2D eigenvalue weighted by Gasteiger charge is 2.22. The minimum Gasteiger partial charge on any atom is -0.392 e. The summed E-state index contributed by atoms with van der Waals surface area (Å²) in [6.45, 7) is 8.78. The van der Waals surface area contributed by atoms with Crippen LogP contribution >= 0.6 is 0 Å². The van der Waals surface area contributed by atoms with E-state index in [1.165, 1.54) is 6.07 Å². The Labute approximate surface area is 143 Å². The highest BCUT2D eigenvalue weighted by atomic mass is 16.6. The van der Waals surface area contributed by atoms with E-state index in [-0.39, 0.29) is 17.3 Å². The first-order valence-electron chi connectivity index (χ1n) is 8.51. The Morgan fingerprint density at radius 1 is 1.42 bits per heavy atom. The van der Waals surface area contributed by atoms with Crippen molar-refractivity contribution in [2.45, 2.75) is 52.2 Å². The van der Waals surface area contributed by atoms with Gasteiger partial charge in [-0.25, -0.2) is 0 Å². The molecule has 0 amide bonds. The number of nitrogens with zero attached hydrogens (tertiary/aromatic N) is 3. The molecule has 1 aromatic heterocycles. The Balaban J connectivity index is 1.76. The van der Waals surface area contributed by atoms with Crippen molar-refractivity contribution in [3.63, 3.8) is 0 Å². The molecule has 1 atom stereocenters. The molecule has 1 fully saturated rings. The molecule has 134 valence electrons. The number of nitrogens with one attached hydrogen (secondary N) is 1. The Kier molecular flexibility index (Phi) is 6.12. The highest BCUT2D eigenvalue weighted by molar-refractivity contribution is 5.46. The van der Waals surface area contributed by atoms with Crippen LogP contribution in [0.25, 0.3) is 0 Å². The zero-order valence-corrected chi connectivity index (χ0v) is 14.7. The molecule has 7 heteroatoms. The maximum Gasteiger partial charge on any atom is 0.363 e. The lowest BCUT2D eigenvalue weighted by atomic mass is 9.89. The molecule has 0 spiro atoms. The summed E-state index contributed by atoms with van der Waals surface area (Å²) in [5.41, 5.74) is 1.06. The second-order valence-electron chi connectivity index (χ2n) is 7.72. The highest BCUT2D eigenvalue weighted by Crippen LogP contribution is 2.22. The first-order chi connectivity index (χ1) is 11.2. The van der Waals surface area contributed by atoms with Crippen LogP contribution in [0.3, 0.4) is 0 Å². The average molecular weight is 336 g/mol. The number of hydrogen-bond donors (Lipinski definition) is 2. The molecule has 0 saturated carbocycles. The van der Waals surface area contributed by atoms with Crippen LogP contribution < -0.4 is 10.2 Å². The van der Waals surface area contributed by atoms with Gasteiger partial charge in [-0.1, -0.05) is 20.8 Å². The van der Waals surface area contributed by atoms with Gasteiger partial charge < -0.3 is 25.4 Å². The van der Waals surface area contributed by atoms with Gasteiger partial charge in [0.25, 0.3) is 0 Å². The summed E-state index contributed by atoms with van der Waals surface area (Å²) < 4.78 is 0. The number of aliphatic hydroxyl groups excluding tert-OH is 1. The van der Waals surface area contributed by atoms with Crippen LogP contribution in [0.4, 0.5) is 11.5 Å². The number of hydrogen-bond acceptors (Lipinski definition) is 6. The molecule has 7 nitrogen and oxygen atoms in total. The second kappa shape index (κ2) is 7.90. The molecule has 0 aromatic carbocycles. The molecule has 1 saturated heterocycles. The number of aliphatic hydroxyl groups is 1. The molecular weight excluding hydrogens is 308 g/mol. The van der Waals surface area contributed by atoms with Gasteiger partial charge in [0.15, 0.2) is 6.20 Å². The van der Waals surface area contributed by atoms with E-state index in [4.69, 9.17) is 0 Å². The number of aromatic nitrogens is 1. The van der Waals surface area contributed by atoms with Crippen molar-refractivity contribution in [2.75, 3.05) is 24.5 Å². The van der Waals surface area contributed by atoms with E-state index < -0.39 is 4.92 Å². The molecule has 0 radical (unpaired) electrons. The predicted octanol–water partition coefficient (Wildman–Crippen LogP) is 2.35. The van der Waals surface area contributed by atoms with E-state index in [2.05, 4.69) is 36.0 Å². The van der Waals surface area contributed by atoms with E-state index in [1.807, 2.05) is 0 Å². The lowest BCUT2D eigenvalue weighted by Crippen LogP contribution is -2.45. The SMILES string of the molecule is CC(C)(C)C[C@@H](O)CNC1CCN(c2ccc([N+](=O)[O-])nc2)CC1. The number of nitro groups is 1. The summed E-state index contributed by atoms with van der Waals surface area (Å²) in [4.78, 5) is 16.2. The lowest BCUT2D eigenvalue weighted by Gasteiger charge is -2.34. The molecule has 24 heavy (non-hydrogen) atoms. The maximum atomic E-state index is 10.6. The molecule has 1 aliphatic rings. The first kappa shape index (κ1) is 18.6. The fourth-order valence-electron chi connectivity index (χ4n) is 3.10. The fourth-order valence-corrected chi connectivity index (χ4v) is 3.10. The Morgan fingerprint density at radius 3 is 2.58 bits per heavy atom. The van der Waals surface area contributed by atoms with Crippen LogP contribution in [0.2, 0.25) is 0 Å². The minimum absolute atomic E-state index is 0.122. The number of anilines is 1. The summed E-state index contributed by atoms with van der Waals surface area (Å²) in [7, 11) is 0. The van der Waals surface area contributed by atoms with Crippen LogP contribution in [-0.2, 0) is 0 Å². The van der Waals surface area contributed by atoms with Crippen molar-refractivity contribution >= 4 is 11.5 Å². The predicted molar refractivity (Wildman–Crippen MR) is 94.2 cm³/mol. The monoisotopic (exact) mass is 336 g/mol. The van der Waals surface area contributed by atoms with Crippen molar-refractivity contribution in [2.24, 2.45) is 5.41 Å². The quantitative estimate of drug-likeness (QED) is 0.612. The summed E-state index contributed by atoms with van der Waals surface area (Å²) in [5, 5.41) is 24.2. The van der Waals surface area contributed by atoms with Crippen LogP contribution in [0.15, 0.2) is 18.3 Å². The Hall–Kier alpha value is -1.73. The zero-order valence-electron chi connectivity index (χ0n) is 14.7. The normalized spacial score (nSPS) is 17.8. The van der Waals surface area contributed by atoms with Crippen molar-refractivity contribution in [1.29, 1.82) is 0 Å². The van der Waals surface area contributed by atoms with Gasteiger partial charge in [0.2, 0.25) is 0 Å². The molecule has 2 N–H and O–H groups in total. The standard InChI is InChI=1S/C17H28N4O3/c1-17(2,3)10-15(22)12-18-13-6-8-20(9-7-13)14-4-5-16(19-11-14)21(23)24/h4-5,11,13,15,18,22H,6-10,12H2,1-3H3/t15-/m1/s1. The first-order valence-corrected chi connectivity index (χ1v) is 8.51. The lowest BCUT2D eigenvalue weighted by molar-refractivity contribution is -0.389. The third-order valence-electron chi connectivity index (χ3n) is 4.27. The van der Waals surface area contributed by atoms with E-state index in [1.54, 1.807) is 12.3 Å². The Morgan fingerprint density at radius 2 is 2.08 bits per heavy atom. The average Bonchev–Trinajstić information content (AvgIpc) is 2.52. The van der Waals surface area contributed by atoms with Gasteiger partial charge in [-0.3, -0.25) is 0 Å². The van der Waals surface area contributed by atoms with Crippen molar-refractivity contribution in [3.05, 3.63) is 28.4 Å². The molecule has 1 aromatic rings. The Bertz CT molecular complexity index is 534. The maximum absolute atomic E-state index is 10.6. The van der Waals surface area contributed by atoms with Gasteiger partial charge in [-0.15, -0.1) is 0 Å². The largest absolute Gasteiger partial charge is 0.392 e. The van der Waals surface area contributed by atoms with Gasteiger partial charge in [0.05, 0.1) is 11.8 Å². The van der Waals surface area contributed by atoms with Gasteiger partial charge >= 0.3 is 5.82 Å².